The standard InChI is InChI=1S/C29H42O4/c1-8-11-12-13-21-17-25(30)27(23-16-20(4)14-15-24(23)29(5,6)7)26(18-21)32-19-33-28(31)22(9-2)10-3/h14-18,22,30H,8-13,19H2,1-7H3. The van der Waals surface area contributed by atoms with Crippen LogP contribution in [0.5, 0.6) is 11.5 Å². The molecule has 1 N–H and O–H groups in total. The number of unbranched alkanes of at least 4 members (excludes halogenated alkanes) is 2. The van der Waals surface area contributed by atoms with Crippen LogP contribution in [0.15, 0.2) is 30.3 Å². The molecule has 0 fully saturated rings. The Bertz CT molecular complexity index is 920. The van der Waals surface area contributed by atoms with E-state index in [0.717, 1.165) is 60.8 Å². The van der Waals surface area contributed by atoms with Crippen molar-refractivity contribution >= 4 is 5.97 Å². The van der Waals surface area contributed by atoms with Gasteiger partial charge in [-0.25, -0.2) is 0 Å². The topological polar surface area (TPSA) is 55.8 Å². The Morgan fingerprint density at radius 3 is 2.33 bits per heavy atom. The summed E-state index contributed by atoms with van der Waals surface area (Å²) in [5.41, 5.74) is 4.74. The minimum absolute atomic E-state index is 0.117. The fourth-order valence-corrected chi connectivity index (χ4v) is 4.17. The number of benzene rings is 2. The third-order valence-electron chi connectivity index (χ3n) is 6.20. The van der Waals surface area contributed by atoms with Crippen molar-refractivity contribution in [2.45, 2.75) is 92.4 Å². The lowest BCUT2D eigenvalue weighted by Gasteiger charge is -2.25. The number of aryl methyl sites for hydroxylation is 2. The summed E-state index contributed by atoms with van der Waals surface area (Å²) >= 11 is 0. The zero-order valence-corrected chi connectivity index (χ0v) is 21.6. The minimum Gasteiger partial charge on any atom is -0.507 e. The average molecular weight is 455 g/mol. The summed E-state index contributed by atoms with van der Waals surface area (Å²) in [5.74, 6) is 0.387. The van der Waals surface area contributed by atoms with E-state index in [2.05, 4.69) is 45.9 Å². The maximum atomic E-state index is 12.3. The van der Waals surface area contributed by atoms with Gasteiger partial charge < -0.3 is 14.6 Å². The molecule has 182 valence electrons. The molecule has 0 aromatic heterocycles. The van der Waals surface area contributed by atoms with E-state index in [9.17, 15) is 9.90 Å². The van der Waals surface area contributed by atoms with Gasteiger partial charge in [0.1, 0.15) is 11.5 Å². The Balaban J connectivity index is 2.48. The van der Waals surface area contributed by atoms with Gasteiger partial charge in [0.15, 0.2) is 0 Å². The molecule has 4 heteroatoms. The Hall–Kier alpha value is -2.49. The van der Waals surface area contributed by atoms with Crippen molar-refractivity contribution in [2.24, 2.45) is 5.92 Å². The third-order valence-corrected chi connectivity index (χ3v) is 6.20. The van der Waals surface area contributed by atoms with Crippen molar-refractivity contribution in [1.29, 1.82) is 0 Å². The van der Waals surface area contributed by atoms with Gasteiger partial charge in [0, 0.05) is 0 Å². The van der Waals surface area contributed by atoms with Crippen LogP contribution in [0.4, 0.5) is 0 Å². The molecule has 0 radical (unpaired) electrons. The molecule has 0 spiro atoms. The Morgan fingerprint density at radius 2 is 1.73 bits per heavy atom. The van der Waals surface area contributed by atoms with Gasteiger partial charge in [0.2, 0.25) is 6.79 Å². The van der Waals surface area contributed by atoms with E-state index >= 15 is 0 Å². The maximum absolute atomic E-state index is 12.3. The molecule has 0 saturated heterocycles. The molecule has 0 atom stereocenters. The van der Waals surface area contributed by atoms with Crippen LogP contribution in [0.3, 0.4) is 0 Å². The number of hydrogen-bond donors (Lipinski definition) is 1. The van der Waals surface area contributed by atoms with E-state index in [-0.39, 0.29) is 29.8 Å². The van der Waals surface area contributed by atoms with Crippen LogP contribution >= 0.6 is 0 Å². The normalized spacial score (nSPS) is 11.6. The van der Waals surface area contributed by atoms with Crippen LogP contribution in [-0.2, 0) is 21.4 Å². The molecular formula is C29H42O4. The summed E-state index contributed by atoms with van der Waals surface area (Å²) in [4.78, 5) is 12.3. The molecule has 0 bridgehead atoms. The Kier molecular flexibility index (Phi) is 9.82. The highest BCUT2D eigenvalue weighted by Crippen LogP contribution is 2.44. The van der Waals surface area contributed by atoms with Gasteiger partial charge in [-0.2, -0.15) is 0 Å². The SMILES string of the molecule is CCCCCc1cc(O)c(-c2cc(C)ccc2C(C)(C)C)c(OCOC(=O)C(CC)CC)c1. The van der Waals surface area contributed by atoms with E-state index in [1.807, 2.05) is 32.9 Å². The summed E-state index contributed by atoms with van der Waals surface area (Å²) < 4.78 is 11.5. The van der Waals surface area contributed by atoms with Crippen molar-refractivity contribution < 1.29 is 19.4 Å². The van der Waals surface area contributed by atoms with Gasteiger partial charge in [-0.15, -0.1) is 0 Å². The second kappa shape index (κ2) is 12.1. The maximum Gasteiger partial charge on any atom is 0.311 e. The zero-order valence-electron chi connectivity index (χ0n) is 21.6. The largest absolute Gasteiger partial charge is 0.507 e. The summed E-state index contributed by atoms with van der Waals surface area (Å²) in [5, 5.41) is 11.1. The molecule has 4 nitrogen and oxygen atoms in total. The molecule has 0 amide bonds. The highest BCUT2D eigenvalue weighted by molar-refractivity contribution is 5.81. The first-order valence-corrected chi connectivity index (χ1v) is 12.4. The number of rotatable bonds is 11. The Labute approximate surface area is 200 Å². The van der Waals surface area contributed by atoms with Gasteiger partial charge in [0.05, 0.1) is 11.5 Å². The summed E-state index contributed by atoms with van der Waals surface area (Å²) in [6, 6.07) is 10.1. The highest BCUT2D eigenvalue weighted by atomic mass is 16.7. The van der Waals surface area contributed by atoms with Gasteiger partial charge >= 0.3 is 5.97 Å². The number of phenolic OH excluding ortho intramolecular Hbond substituents is 1. The quantitative estimate of drug-likeness (QED) is 0.214. The van der Waals surface area contributed by atoms with E-state index in [4.69, 9.17) is 9.47 Å². The van der Waals surface area contributed by atoms with Gasteiger partial charge in [0.25, 0.3) is 0 Å². The van der Waals surface area contributed by atoms with Crippen molar-refractivity contribution in [3.8, 4) is 22.6 Å². The van der Waals surface area contributed by atoms with Crippen molar-refractivity contribution in [1.82, 2.24) is 0 Å². The predicted octanol–water partition coefficient (Wildman–Crippen LogP) is 7.71. The number of ether oxygens (including phenoxy) is 2. The second-order valence-electron chi connectivity index (χ2n) is 9.98. The minimum atomic E-state index is -0.240. The Morgan fingerprint density at radius 1 is 1.03 bits per heavy atom. The molecule has 2 aromatic carbocycles. The molecular weight excluding hydrogens is 412 g/mol. The highest BCUT2D eigenvalue weighted by Gasteiger charge is 2.24. The first kappa shape index (κ1) is 26.8. The van der Waals surface area contributed by atoms with Crippen LogP contribution in [0.25, 0.3) is 11.1 Å². The first-order chi connectivity index (χ1) is 15.6. The van der Waals surface area contributed by atoms with Gasteiger partial charge in [-0.3, -0.25) is 4.79 Å². The zero-order chi connectivity index (χ0) is 24.6. The number of hydrogen-bond acceptors (Lipinski definition) is 4. The fraction of sp³-hybridized carbons (Fsp3) is 0.552. The molecule has 2 rings (SSSR count). The molecule has 33 heavy (non-hydrogen) atoms. The molecule has 0 aliphatic carbocycles. The molecule has 2 aromatic rings. The fourth-order valence-electron chi connectivity index (χ4n) is 4.17. The third kappa shape index (κ3) is 7.25. The van der Waals surface area contributed by atoms with E-state index in [0.29, 0.717) is 11.3 Å². The number of aromatic hydroxyl groups is 1. The lowest BCUT2D eigenvalue weighted by molar-refractivity contribution is -0.155. The van der Waals surface area contributed by atoms with Crippen LogP contribution < -0.4 is 4.74 Å². The summed E-state index contributed by atoms with van der Waals surface area (Å²) in [6.45, 7) is 14.5. The van der Waals surface area contributed by atoms with E-state index in [1.165, 1.54) is 0 Å². The lowest BCUT2D eigenvalue weighted by atomic mass is 9.80. The second-order valence-corrected chi connectivity index (χ2v) is 9.98. The first-order valence-electron chi connectivity index (χ1n) is 12.4. The monoisotopic (exact) mass is 454 g/mol. The van der Waals surface area contributed by atoms with E-state index in [1.54, 1.807) is 0 Å². The molecule has 0 aliphatic heterocycles. The molecule has 0 heterocycles. The van der Waals surface area contributed by atoms with E-state index < -0.39 is 0 Å². The van der Waals surface area contributed by atoms with Crippen molar-refractivity contribution in [3.05, 3.63) is 47.0 Å². The van der Waals surface area contributed by atoms with Gasteiger partial charge in [-0.05, 0) is 66.8 Å². The predicted molar refractivity (Wildman–Crippen MR) is 136 cm³/mol. The number of esters is 1. The smallest absolute Gasteiger partial charge is 0.311 e. The number of carbonyl (C=O) groups is 1. The lowest BCUT2D eigenvalue weighted by Crippen LogP contribution is -2.19. The van der Waals surface area contributed by atoms with Crippen molar-refractivity contribution in [2.75, 3.05) is 6.79 Å². The number of phenols is 1. The molecule has 0 unspecified atom stereocenters. The molecule has 0 saturated carbocycles. The van der Waals surface area contributed by atoms with Gasteiger partial charge in [-0.1, -0.05) is 78.1 Å². The van der Waals surface area contributed by atoms with Crippen LogP contribution in [0.1, 0.15) is 90.3 Å². The summed E-state index contributed by atoms with van der Waals surface area (Å²) in [7, 11) is 0. The number of carbonyl (C=O) groups excluding carboxylic acids is 1. The summed E-state index contributed by atoms with van der Waals surface area (Å²) in [6.07, 6.45) is 5.68. The van der Waals surface area contributed by atoms with Crippen LogP contribution in [0, 0.1) is 12.8 Å². The molecule has 0 aliphatic rings. The van der Waals surface area contributed by atoms with Crippen molar-refractivity contribution in [3.63, 3.8) is 0 Å². The average Bonchev–Trinajstić information content (AvgIpc) is 2.73. The van der Waals surface area contributed by atoms with Crippen LogP contribution in [-0.4, -0.2) is 17.9 Å². The van der Waals surface area contributed by atoms with Crippen LogP contribution in [0.2, 0.25) is 0 Å².